The van der Waals surface area contributed by atoms with Gasteiger partial charge < -0.3 is 5.11 Å². The molecule has 1 unspecified atom stereocenters. The molecule has 0 saturated heterocycles. The fourth-order valence-corrected chi connectivity index (χ4v) is 2.58. The van der Waals surface area contributed by atoms with Crippen LogP contribution in [0, 0.1) is 12.7 Å². The van der Waals surface area contributed by atoms with Crippen LogP contribution in [0.5, 0.6) is 0 Å². The quantitative estimate of drug-likeness (QED) is 0.846. The van der Waals surface area contributed by atoms with Crippen LogP contribution >= 0.6 is 27.5 Å². The zero-order valence-electron chi connectivity index (χ0n) is 10.3. The molecule has 1 nitrogen and oxygen atoms in total. The average Bonchev–Trinajstić information content (AvgIpc) is 2.37. The zero-order chi connectivity index (χ0) is 14.0. The number of aliphatic hydroxyl groups excluding tert-OH is 1. The molecular formula is C15H13BrClFO. The molecule has 0 bridgehead atoms. The molecule has 0 aliphatic heterocycles. The van der Waals surface area contributed by atoms with E-state index in [4.69, 9.17) is 11.6 Å². The summed E-state index contributed by atoms with van der Waals surface area (Å²) < 4.78 is 14.6. The molecule has 100 valence electrons. The lowest BCUT2D eigenvalue weighted by Crippen LogP contribution is -2.05. The Morgan fingerprint density at radius 1 is 1.32 bits per heavy atom. The van der Waals surface area contributed by atoms with Crippen LogP contribution in [0.1, 0.15) is 22.8 Å². The van der Waals surface area contributed by atoms with Crippen molar-refractivity contribution in [3.05, 3.63) is 68.4 Å². The largest absolute Gasteiger partial charge is 0.388 e. The fourth-order valence-electron chi connectivity index (χ4n) is 2.00. The van der Waals surface area contributed by atoms with Crippen LogP contribution in [0.15, 0.2) is 40.9 Å². The van der Waals surface area contributed by atoms with Gasteiger partial charge in [-0.2, -0.15) is 0 Å². The monoisotopic (exact) mass is 342 g/mol. The zero-order valence-corrected chi connectivity index (χ0v) is 12.7. The fraction of sp³-hybridized carbons (Fsp3) is 0.200. The second kappa shape index (κ2) is 6.04. The molecule has 2 aromatic rings. The molecular weight excluding hydrogens is 331 g/mol. The van der Waals surface area contributed by atoms with Gasteiger partial charge >= 0.3 is 0 Å². The number of hydrogen-bond acceptors (Lipinski definition) is 1. The summed E-state index contributed by atoms with van der Waals surface area (Å²) in [6.07, 6.45) is -0.561. The first-order chi connectivity index (χ1) is 8.99. The molecule has 4 heteroatoms. The van der Waals surface area contributed by atoms with Crippen LogP contribution in [0.4, 0.5) is 4.39 Å². The summed E-state index contributed by atoms with van der Waals surface area (Å²) in [6.45, 7) is 1.91. The van der Waals surface area contributed by atoms with Gasteiger partial charge in [-0.1, -0.05) is 39.7 Å². The van der Waals surface area contributed by atoms with Gasteiger partial charge in [0, 0.05) is 15.9 Å². The van der Waals surface area contributed by atoms with Crippen molar-refractivity contribution < 1.29 is 9.50 Å². The van der Waals surface area contributed by atoms with Crippen molar-refractivity contribution >= 4 is 27.5 Å². The predicted octanol–water partition coefficient (Wildman–Crippen LogP) is 4.83. The minimum atomic E-state index is -0.759. The summed E-state index contributed by atoms with van der Waals surface area (Å²) in [4.78, 5) is 0. The van der Waals surface area contributed by atoms with Gasteiger partial charge in [-0.05, 0) is 47.9 Å². The highest BCUT2D eigenvalue weighted by Gasteiger charge is 2.15. The van der Waals surface area contributed by atoms with Gasteiger partial charge in [-0.3, -0.25) is 0 Å². The summed E-state index contributed by atoms with van der Waals surface area (Å²) in [7, 11) is 0. The lowest BCUT2D eigenvalue weighted by molar-refractivity contribution is 0.176. The van der Waals surface area contributed by atoms with E-state index in [0.717, 1.165) is 15.6 Å². The SMILES string of the molecule is Cc1c(Br)cccc1C(O)Cc1cc(Cl)ccc1F. The van der Waals surface area contributed by atoms with E-state index in [0.29, 0.717) is 10.6 Å². The number of hydrogen-bond donors (Lipinski definition) is 1. The van der Waals surface area contributed by atoms with E-state index in [1.807, 2.05) is 25.1 Å². The molecule has 0 heterocycles. The van der Waals surface area contributed by atoms with Gasteiger partial charge in [0.05, 0.1) is 6.10 Å². The van der Waals surface area contributed by atoms with Gasteiger partial charge in [0.15, 0.2) is 0 Å². The lowest BCUT2D eigenvalue weighted by Gasteiger charge is -2.15. The molecule has 2 rings (SSSR count). The van der Waals surface area contributed by atoms with E-state index < -0.39 is 6.10 Å². The lowest BCUT2D eigenvalue weighted by atomic mass is 9.97. The summed E-state index contributed by atoms with van der Waals surface area (Å²) in [5.41, 5.74) is 2.16. The van der Waals surface area contributed by atoms with E-state index in [9.17, 15) is 9.50 Å². The van der Waals surface area contributed by atoms with E-state index in [1.54, 1.807) is 6.07 Å². The van der Waals surface area contributed by atoms with Crippen LogP contribution in [-0.4, -0.2) is 5.11 Å². The molecule has 0 spiro atoms. The molecule has 0 amide bonds. The van der Waals surface area contributed by atoms with Crippen molar-refractivity contribution in [2.75, 3.05) is 0 Å². The number of benzene rings is 2. The molecule has 0 radical (unpaired) electrons. The maximum atomic E-state index is 13.6. The Morgan fingerprint density at radius 2 is 2.05 bits per heavy atom. The second-order valence-electron chi connectivity index (χ2n) is 4.41. The Hall–Kier alpha value is -0.900. The van der Waals surface area contributed by atoms with Crippen molar-refractivity contribution in [1.29, 1.82) is 0 Å². The number of halogens is 3. The first-order valence-corrected chi connectivity index (χ1v) is 7.03. The molecule has 1 atom stereocenters. The minimum Gasteiger partial charge on any atom is -0.388 e. The Kier molecular flexibility index (Phi) is 4.61. The molecule has 1 N–H and O–H groups in total. The molecule has 0 aromatic heterocycles. The Bertz CT molecular complexity index is 601. The van der Waals surface area contributed by atoms with Gasteiger partial charge in [0.25, 0.3) is 0 Å². The highest BCUT2D eigenvalue weighted by Crippen LogP contribution is 2.28. The first kappa shape index (κ1) is 14.5. The van der Waals surface area contributed by atoms with Crippen molar-refractivity contribution in [2.24, 2.45) is 0 Å². The van der Waals surface area contributed by atoms with Crippen LogP contribution < -0.4 is 0 Å². The maximum Gasteiger partial charge on any atom is 0.126 e. The van der Waals surface area contributed by atoms with Crippen molar-refractivity contribution in [3.8, 4) is 0 Å². The molecule has 0 aliphatic carbocycles. The second-order valence-corrected chi connectivity index (χ2v) is 5.70. The molecule has 19 heavy (non-hydrogen) atoms. The normalized spacial score (nSPS) is 12.5. The average molecular weight is 344 g/mol. The van der Waals surface area contributed by atoms with Gasteiger partial charge in [-0.25, -0.2) is 4.39 Å². The van der Waals surface area contributed by atoms with Gasteiger partial charge in [-0.15, -0.1) is 0 Å². The Morgan fingerprint density at radius 3 is 2.79 bits per heavy atom. The van der Waals surface area contributed by atoms with E-state index in [2.05, 4.69) is 15.9 Å². The van der Waals surface area contributed by atoms with Crippen LogP contribution in [-0.2, 0) is 6.42 Å². The third-order valence-electron chi connectivity index (χ3n) is 3.09. The molecule has 2 aromatic carbocycles. The van der Waals surface area contributed by atoms with Gasteiger partial charge in [0.1, 0.15) is 5.82 Å². The van der Waals surface area contributed by atoms with Crippen LogP contribution in [0.3, 0.4) is 0 Å². The number of rotatable bonds is 3. The minimum absolute atomic E-state index is 0.198. The summed E-state index contributed by atoms with van der Waals surface area (Å²) in [5.74, 6) is -0.351. The summed E-state index contributed by atoms with van der Waals surface area (Å²) in [5, 5.41) is 10.7. The highest BCUT2D eigenvalue weighted by atomic mass is 79.9. The topological polar surface area (TPSA) is 20.2 Å². The summed E-state index contributed by atoms with van der Waals surface area (Å²) in [6, 6.07) is 9.96. The smallest absolute Gasteiger partial charge is 0.126 e. The Balaban J connectivity index is 2.28. The van der Waals surface area contributed by atoms with E-state index in [1.165, 1.54) is 12.1 Å². The van der Waals surface area contributed by atoms with Crippen LogP contribution in [0.2, 0.25) is 5.02 Å². The number of aliphatic hydroxyl groups is 1. The van der Waals surface area contributed by atoms with Crippen molar-refractivity contribution in [2.45, 2.75) is 19.4 Å². The van der Waals surface area contributed by atoms with Crippen molar-refractivity contribution in [1.82, 2.24) is 0 Å². The third kappa shape index (κ3) is 3.35. The molecule has 0 aliphatic rings. The predicted molar refractivity (Wildman–Crippen MR) is 79.0 cm³/mol. The van der Waals surface area contributed by atoms with Gasteiger partial charge in [0.2, 0.25) is 0 Å². The van der Waals surface area contributed by atoms with Crippen LogP contribution in [0.25, 0.3) is 0 Å². The maximum absolute atomic E-state index is 13.6. The summed E-state index contributed by atoms with van der Waals surface area (Å²) >= 11 is 9.27. The highest BCUT2D eigenvalue weighted by molar-refractivity contribution is 9.10. The molecule has 0 fully saturated rings. The first-order valence-electron chi connectivity index (χ1n) is 5.86. The van der Waals surface area contributed by atoms with Crippen molar-refractivity contribution in [3.63, 3.8) is 0 Å². The Labute approximate surface area is 125 Å². The molecule has 0 saturated carbocycles. The van der Waals surface area contributed by atoms with E-state index in [-0.39, 0.29) is 12.2 Å². The third-order valence-corrected chi connectivity index (χ3v) is 4.18. The standard InChI is InChI=1S/C15H13BrClFO/c1-9-12(3-2-4-13(9)16)15(19)8-10-7-11(17)5-6-14(10)18/h2-7,15,19H,8H2,1H3. The van der Waals surface area contributed by atoms with E-state index >= 15 is 0 Å².